The second kappa shape index (κ2) is 23.7. The Labute approximate surface area is 428 Å². The molecule has 9 rings (SSSR count). The monoisotopic (exact) mass is 996 g/mol. The maximum absolute atomic E-state index is 11.8. The number of anilines is 3. The summed E-state index contributed by atoms with van der Waals surface area (Å²) in [5, 5.41) is 9.60. The van der Waals surface area contributed by atoms with E-state index in [2.05, 4.69) is 169 Å². The van der Waals surface area contributed by atoms with Gasteiger partial charge in [0.25, 0.3) is 5.70 Å². The molecule has 0 spiro atoms. The number of unbranched alkanes of at least 4 members (excludes halogenated alkanes) is 6. The van der Waals surface area contributed by atoms with Gasteiger partial charge in [0.15, 0.2) is 11.5 Å². The van der Waals surface area contributed by atoms with Gasteiger partial charge in [-0.1, -0.05) is 88.8 Å². The van der Waals surface area contributed by atoms with E-state index in [9.17, 15) is 9.90 Å². The van der Waals surface area contributed by atoms with Gasteiger partial charge in [0.1, 0.15) is 24.7 Å². The summed E-state index contributed by atoms with van der Waals surface area (Å²) in [6.07, 6.45) is 10.8. The standard InChI is InChI=1S/C60H56N2O6S3/c1-4-6-8-10-36-65-49-28-18-43(19-29-49)54-34-32-52(69-54)41-12-22-46(23-13-41)62(48-26-16-45(17-27-48)59-58-57(67-38-39-68-58)56(71-59)40-51(61-3)60(63)64)47-24-14-42(15-25-47)53-33-35-55(70-53)44-20-30-50(31-21-44)66-37-11-9-7-5-2/h12-35,40H,4-11,36-39H2,1-2H3,(H,63,64)/b51-40-. The van der Waals surface area contributed by atoms with Crippen molar-refractivity contribution in [1.82, 2.24) is 0 Å². The summed E-state index contributed by atoms with van der Waals surface area (Å²) >= 11 is 4.90. The summed E-state index contributed by atoms with van der Waals surface area (Å²) in [7, 11) is 0. The van der Waals surface area contributed by atoms with E-state index >= 15 is 0 Å². The Morgan fingerprint density at radius 3 is 1.34 bits per heavy atom. The molecule has 0 bridgehead atoms. The summed E-state index contributed by atoms with van der Waals surface area (Å²) in [5.74, 6) is 1.56. The molecule has 0 atom stereocenters. The summed E-state index contributed by atoms with van der Waals surface area (Å²) < 4.78 is 24.1. The van der Waals surface area contributed by atoms with Crippen molar-refractivity contribution in [3.63, 3.8) is 0 Å². The minimum absolute atomic E-state index is 0.336. The molecule has 3 aromatic heterocycles. The predicted molar refractivity (Wildman–Crippen MR) is 294 cm³/mol. The van der Waals surface area contributed by atoms with Crippen LogP contribution >= 0.6 is 34.0 Å². The Morgan fingerprint density at radius 2 is 0.944 bits per heavy atom. The van der Waals surface area contributed by atoms with Crippen molar-refractivity contribution in [1.29, 1.82) is 0 Å². The average molecular weight is 997 g/mol. The highest BCUT2D eigenvalue weighted by molar-refractivity contribution is 7.19. The lowest BCUT2D eigenvalue weighted by atomic mass is 10.1. The number of hydrogen-bond acceptors (Lipinski definition) is 9. The van der Waals surface area contributed by atoms with E-state index in [1.807, 2.05) is 0 Å². The van der Waals surface area contributed by atoms with Crippen LogP contribution < -0.4 is 23.8 Å². The van der Waals surface area contributed by atoms with E-state index in [-0.39, 0.29) is 5.70 Å². The number of carbonyl (C=O) groups is 1. The lowest BCUT2D eigenvalue weighted by molar-refractivity contribution is -0.132. The van der Waals surface area contributed by atoms with Crippen molar-refractivity contribution in [3.8, 4) is 75.2 Å². The molecule has 360 valence electrons. The van der Waals surface area contributed by atoms with Crippen LogP contribution in [0.1, 0.15) is 70.1 Å². The molecule has 8 nitrogen and oxygen atoms in total. The quantitative estimate of drug-likeness (QED) is 0.0411. The van der Waals surface area contributed by atoms with E-state index in [0.29, 0.717) is 29.6 Å². The van der Waals surface area contributed by atoms with Crippen LogP contribution in [0.15, 0.2) is 151 Å². The van der Waals surface area contributed by atoms with Crippen LogP contribution in [0.4, 0.5) is 17.1 Å². The van der Waals surface area contributed by atoms with Crippen LogP contribution in [0.25, 0.3) is 63.1 Å². The zero-order valence-electron chi connectivity index (χ0n) is 40.0. The summed E-state index contributed by atoms with van der Waals surface area (Å²) in [5.41, 5.74) is 8.08. The first-order valence-corrected chi connectivity index (χ1v) is 26.9. The van der Waals surface area contributed by atoms with Crippen LogP contribution in [-0.4, -0.2) is 37.5 Å². The van der Waals surface area contributed by atoms with Gasteiger partial charge in [0.2, 0.25) is 0 Å². The smallest absolute Gasteiger partial charge is 0.333 e. The fourth-order valence-electron chi connectivity index (χ4n) is 8.45. The van der Waals surface area contributed by atoms with Gasteiger partial charge >= 0.3 is 5.97 Å². The van der Waals surface area contributed by atoms with Gasteiger partial charge in [-0.3, -0.25) is 4.79 Å². The number of thiophene rings is 3. The molecule has 5 aromatic carbocycles. The normalized spacial score (nSPS) is 12.1. The molecule has 0 aliphatic carbocycles. The predicted octanol–water partition coefficient (Wildman–Crippen LogP) is 17.7. The van der Waals surface area contributed by atoms with Crippen molar-refractivity contribution in [2.45, 2.75) is 65.2 Å². The van der Waals surface area contributed by atoms with E-state index in [0.717, 1.165) is 76.2 Å². The summed E-state index contributed by atoms with van der Waals surface area (Å²) in [6, 6.07) is 51.4. The van der Waals surface area contributed by atoms with Crippen LogP contribution in [0.2, 0.25) is 0 Å². The zero-order valence-corrected chi connectivity index (χ0v) is 42.5. The fraction of sp³-hybridized carbons (Fsp3) is 0.233. The largest absolute Gasteiger partial charge is 0.494 e. The maximum atomic E-state index is 11.8. The van der Waals surface area contributed by atoms with Crippen LogP contribution in [0.5, 0.6) is 23.0 Å². The molecule has 11 heteroatoms. The highest BCUT2D eigenvalue weighted by Crippen LogP contribution is 2.51. The van der Waals surface area contributed by atoms with Gasteiger partial charge in [-0.25, -0.2) is 4.85 Å². The zero-order chi connectivity index (χ0) is 48.9. The number of rotatable bonds is 22. The number of benzene rings is 5. The molecule has 1 aliphatic rings. The highest BCUT2D eigenvalue weighted by atomic mass is 32.1. The Hall–Kier alpha value is -7.10. The number of ether oxygens (including phenoxy) is 4. The molecule has 0 radical (unpaired) electrons. The Balaban J connectivity index is 0.974. The molecule has 0 amide bonds. The molecule has 0 unspecified atom stereocenters. The molecule has 0 fully saturated rings. The first kappa shape index (κ1) is 48.9. The van der Waals surface area contributed by atoms with E-state index in [1.54, 1.807) is 22.7 Å². The molecular weight excluding hydrogens is 941 g/mol. The number of carboxylic acid groups (broad SMARTS) is 1. The third-order valence-electron chi connectivity index (χ3n) is 12.3. The topological polar surface area (TPSA) is 81.8 Å². The molecule has 1 aliphatic heterocycles. The number of carboxylic acids is 1. The maximum Gasteiger partial charge on any atom is 0.333 e. The summed E-state index contributed by atoms with van der Waals surface area (Å²) in [4.78, 5) is 23.4. The minimum Gasteiger partial charge on any atom is -0.494 e. The van der Waals surface area contributed by atoms with E-state index < -0.39 is 5.97 Å². The van der Waals surface area contributed by atoms with Gasteiger partial charge < -0.3 is 29.0 Å². The molecule has 0 saturated heterocycles. The lowest BCUT2D eigenvalue weighted by Gasteiger charge is -2.26. The second-order valence-electron chi connectivity index (χ2n) is 17.3. The third-order valence-corrected chi connectivity index (χ3v) is 15.8. The molecule has 0 saturated carbocycles. The highest BCUT2D eigenvalue weighted by Gasteiger charge is 2.26. The number of hydrogen-bond donors (Lipinski definition) is 1. The van der Waals surface area contributed by atoms with Crippen molar-refractivity contribution in [2.75, 3.05) is 31.3 Å². The van der Waals surface area contributed by atoms with Gasteiger partial charge in [-0.2, -0.15) is 0 Å². The lowest BCUT2D eigenvalue weighted by Crippen LogP contribution is -2.15. The van der Waals surface area contributed by atoms with Gasteiger partial charge in [-0.05, 0) is 156 Å². The second-order valence-corrected chi connectivity index (χ2v) is 20.5. The van der Waals surface area contributed by atoms with Gasteiger partial charge in [0.05, 0.1) is 29.5 Å². The van der Waals surface area contributed by atoms with Gasteiger partial charge in [-0.15, -0.1) is 34.0 Å². The average Bonchev–Trinajstić information content (AvgIpc) is 4.20. The van der Waals surface area contributed by atoms with Crippen molar-refractivity contribution in [3.05, 3.63) is 168 Å². The van der Waals surface area contributed by atoms with Crippen LogP contribution in [0.3, 0.4) is 0 Å². The van der Waals surface area contributed by atoms with E-state index in [4.69, 9.17) is 25.5 Å². The molecular formula is C60H56N2O6S3. The van der Waals surface area contributed by atoms with E-state index in [1.165, 1.54) is 86.6 Å². The number of fused-ring (bicyclic) bond motifs is 1. The number of nitrogens with zero attached hydrogens (tertiary/aromatic N) is 2. The Morgan fingerprint density at radius 1 is 0.549 bits per heavy atom. The Kier molecular flexibility index (Phi) is 16.3. The molecule has 1 N–H and O–H groups in total. The molecule has 71 heavy (non-hydrogen) atoms. The van der Waals surface area contributed by atoms with Gasteiger partial charge in [0, 0.05) is 36.6 Å². The van der Waals surface area contributed by atoms with Crippen molar-refractivity contribution < 1.29 is 28.8 Å². The first-order chi connectivity index (χ1) is 34.9. The minimum atomic E-state index is -1.29. The molecule has 8 aromatic rings. The Bertz CT molecular complexity index is 2950. The first-order valence-electron chi connectivity index (χ1n) is 24.4. The SMILES string of the molecule is [C-]#[N+]/C(=C\c1sc(-c2ccc(N(c3ccc(-c4ccc(-c5ccc(OCCCCCC)cc5)s4)cc3)c3ccc(-c4ccc(-c5ccc(OCCCCCC)cc5)s4)cc3)cc2)c2c1OCCO2)C(=O)O. The van der Waals surface area contributed by atoms with Crippen molar-refractivity contribution in [2.24, 2.45) is 0 Å². The molecule has 4 heterocycles. The third kappa shape index (κ3) is 11.9. The number of aliphatic carboxylic acids is 1. The fourth-order valence-corrected chi connectivity index (χ4v) is 11.6. The van der Waals surface area contributed by atoms with Crippen LogP contribution in [0, 0.1) is 6.57 Å². The van der Waals surface area contributed by atoms with Crippen molar-refractivity contribution >= 4 is 63.1 Å². The summed E-state index contributed by atoms with van der Waals surface area (Å²) in [6.45, 7) is 14.1. The van der Waals surface area contributed by atoms with Crippen LogP contribution in [-0.2, 0) is 4.79 Å².